The van der Waals surface area contributed by atoms with Crippen LogP contribution in [0.15, 0.2) is 47.4 Å². The number of carboxylic acids is 1. The van der Waals surface area contributed by atoms with Gasteiger partial charge in [-0.3, -0.25) is 0 Å². The van der Waals surface area contributed by atoms with Crippen LogP contribution in [0.1, 0.15) is 30.1 Å². The number of carbonyl (C=O) groups is 1. The van der Waals surface area contributed by atoms with Crippen LogP contribution < -0.4 is 9.47 Å². The molecule has 2 N–H and O–H groups in total. The van der Waals surface area contributed by atoms with Crippen LogP contribution in [0.2, 0.25) is 0 Å². The van der Waals surface area contributed by atoms with E-state index in [2.05, 4.69) is 6.92 Å². The Bertz CT molecular complexity index is 873. The minimum atomic E-state index is -3.54. The molecule has 7 nitrogen and oxygen atoms in total. The first-order valence-corrected chi connectivity index (χ1v) is 10.1. The summed E-state index contributed by atoms with van der Waals surface area (Å²) in [4.78, 5) is 11.0. The third kappa shape index (κ3) is 5.89. The zero-order valence-corrected chi connectivity index (χ0v) is 15.7. The second kappa shape index (κ2) is 9.27. The normalized spacial score (nSPS) is 11.1. The van der Waals surface area contributed by atoms with E-state index < -0.39 is 21.6 Å². The lowest BCUT2D eigenvalue weighted by Gasteiger charge is -2.09. The summed E-state index contributed by atoms with van der Waals surface area (Å²) in [6, 6.07) is 9.90. The van der Waals surface area contributed by atoms with Crippen LogP contribution in [0.4, 0.5) is 0 Å². The average molecular weight is 394 g/mol. The van der Waals surface area contributed by atoms with Crippen LogP contribution in [0, 0.1) is 0 Å². The third-order valence-electron chi connectivity index (χ3n) is 3.77. The number of carboxylic acid groups (broad SMARTS) is 1. The van der Waals surface area contributed by atoms with Gasteiger partial charge in [-0.15, -0.1) is 0 Å². The number of hydrogen-bond acceptors (Lipinski definition) is 6. The van der Waals surface area contributed by atoms with Crippen LogP contribution in [-0.4, -0.2) is 43.6 Å². The summed E-state index contributed by atoms with van der Waals surface area (Å²) >= 11 is 0. The number of hydrogen-bond donors (Lipinski definition) is 2. The van der Waals surface area contributed by atoms with E-state index in [1.807, 2.05) is 0 Å². The van der Waals surface area contributed by atoms with Crippen molar-refractivity contribution in [3.05, 3.63) is 48.0 Å². The lowest BCUT2D eigenvalue weighted by molar-refractivity contribution is 0.0693. The van der Waals surface area contributed by atoms with Gasteiger partial charge in [-0.1, -0.05) is 13.3 Å². The average Bonchev–Trinajstić information content (AvgIpc) is 2.62. The number of unbranched alkanes of at least 4 members (excludes halogenated alkanes) is 1. The van der Waals surface area contributed by atoms with Crippen molar-refractivity contribution < 1.29 is 32.9 Å². The van der Waals surface area contributed by atoms with Crippen LogP contribution >= 0.6 is 0 Å². The number of sulfone groups is 1. The molecule has 0 spiro atoms. The van der Waals surface area contributed by atoms with Crippen LogP contribution in [-0.2, 0) is 9.84 Å². The van der Waals surface area contributed by atoms with Crippen molar-refractivity contribution in [3.63, 3.8) is 0 Å². The van der Waals surface area contributed by atoms with E-state index in [1.165, 1.54) is 24.3 Å². The van der Waals surface area contributed by atoms with Gasteiger partial charge in [-0.2, -0.15) is 0 Å². The molecule has 146 valence electrons. The molecule has 0 heterocycles. The maximum Gasteiger partial charge on any atom is 0.339 e. The number of ether oxygens (including phenoxy) is 2. The molecule has 0 bridgehead atoms. The lowest BCUT2D eigenvalue weighted by atomic mass is 10.2. The highest BCUT2D eigenvalue weighted by molar-refractivity contribution is 7.91. The first kappa shape index (κ1) is 20.6. The fraction of sp³-hybridized carbons (Fsp3) is 0.316. The van der Waals surface area contributed by atoms with E-state index in [-0.39, 0.29) is 28.6 Å². The zero-order chi connectivity index (χ0) is 19.9. The van der Waals surface area contributed by atoms with Crippen molar-refractivity contribution in [1.29, 1.82) is 0 Å². The van der Waals surface area contributed by atoms with Gasteiger partial charge >= 0.3 is 5.97 Å². The Morgan fingerprint density at radius 1 is 1.00 bits per heavy atom. The first-order chi connectivity index (χ1) is 12.8. The van der Waals surface area contributed by atoms with E-state index in [1.54, 1.807) is 12.1 Å². The predicted molar refractivity (Wildman–Crippen MR) is 99.5 cm³/mol. The van der Waals surface area contributed by atoms with Gasteiger partial charge in [0.25, 0.3) is 0 Å². The Morgan fingerprint density at radius 3 is 2.22 bits per heavy atom. The van der Waals surface area contributed by atoms with Crippen molar-refractivity contribution >= 4 is 15.8 Å². The van der Waals surface area contributed by atoms with E-state index in [0.717, 1.165) is 18.9 Å². The summed E-state index contributed by atoms with van der Waals surface area (Å²) in [6.45, 7) is 2.51. The molecule has 27 heavy (non-hydrogen) atoms. The summed E-state index contributed by atoms with van der Waals surface area (Å²) in [7, 11) is -3.54. The van der Waals surface area contributed by atoms with Crippen molar-refractivity contribution in [2.45, 2.75) is 24.7 Å². The Morgan fingerprint density at radius 2 is 1.63 bits per heavy atom. The molecule has 0 saturated heterocycles. The summed E-state index contributed by atoms with van der Waals surface area (Å²) in [5, 5.41) is 18.5. The summed E-state index contributed by atoms with van der Waals surface area (Å²) in [6.07, 6.45) is 1.95. The van der Waals surface area contributed by atoms with Crippen LogP contribution in [0.25, 0.3) is 0 Å². The molecule has 0 atom stereocenters. The number of aromatic hydroxyl groups is 1. The molecule has 2 rings (SSSR count). The van der Waals surface area contributed by atoms with Crippen molar-refractivity contribution in [2.24, 2.45) is 0 Å². The fourth-order valence-electron chi connectivity index (χ4n) is 2.25. The van der Waals surface area contributed by atoms with E-state index in [9.17, 15) is 18.3 Å². The highest BCUT2D eigenvalue weighted by atomic mass is 32.2. The number of aromatic carboxylic acids is 1. The number of rotatable bonds is 10. The number of phenols is 1. The van der Waals surface area contributed by atoms with Gasteiger partial charge < -0.3 is 19.7 Å². The molecule has 0 aromatic heterocycles. The summed E-state index contributed by atoms with van der Waals surface area (Å²) in [5.74, 6) is -1.16. The van der Waals surface area contributed by atoms with Gasteiger partial charge in [0.05, 0.1) is 17.3 Å². The molecule has 0 aliphatic carbocycles. The maximum absolute atomic E-state index is 12.4. The van der Waals surface area contributed by atoms with Gasteiger partial charge in [-0.05, 0) is 42.8 Å². The van der Waals surface area contributed by atoms with Crippen molar-refractivity contribution in [2.75, 3.05) is 19.0 Å². The Kier molecular flexibility index (Phi) is 7.06. The predicted octanol–water partition coefficient (Wildman–Crippen LogP) is 3.12. The molecule has 2 aromatic carbocycles. The molecule has 0 saturated carbocycles. The van der Waals surface area contributed by atoms with Crippen molar-refractivity contribution in [3.8, 4) is 17.2 Å². The largest absolute Gasteiger partial charge is 0.507 e. The molecular weight excluding hydrogens is 372 g/mol. The third-order valence-corrected chi connectivity index (χ3v) is 5.46. The molecular formula is C19H22O7S. The van der Waals surface area contributed by atoms with Crippen LogP contribution in [0.3, 0.4) is 0 Å². The first-order valence-electron chi connectivity index (χ1n) is 8.48. The van der Waals surface area contributed by atoms with Gasteiger partial charge in [-0.25, -0.2) is 13.2 Å². The smallest absolute Gasteiger partial charge is 0.339 e. The van der Waals surface area contributed by atoms with Gasteiger partial charge in [0, 0.05) is 6.07 Å². The highest BCUT2D eigenvalue weighted by Crippen LogP contribution is 2.24. The minimum Gasteiger partial charge on any atom is -0.507 e. The second-order valence-electron chi connectivity index (χ2n) is 5.82. The van der Waals surface area contributed by atoms with Gasteiger partial charge in [0.15, 0.2) is 9.84 Å². The topological polar surface area (TPSA) is 110 Å². The molecule has 0 radical (unpaired) electrons. The Labute approximate surface area is 158 Å². The summed E-state index contributed by atoms with van der Waals surface area (Å²) in [5.41, 5.74) is -0.254. The molecule has 0 fully saturated rings. The van der Waals surface area contributed by atoms with Crippen LogP contribution in [0.5, 0.6) is 17.2 Å². The van der Waals surface area contributed by atoms with E-state index >= 15 is 0 Å². The minimum absolute atomic E-state index is 0.136. The zero-order valence-electron chi connectivity index (χ0n) is 14.9. The van der Waals surface area contributed by atoms with E-state index in [0.29, 0.717) is 12.4 Å². The van der Waals surface area contributed by atoms with E-state index in [4.69, 9.17) is 14.6 Å². The Hall–Kier alpha value is -2.74. The number of benzene rings is 2. The molecule has 0 unspecified atom stereocenters. The SMILES string of the molecule is CCCCOc1ccc(S(=O)(=O)CCOc2ccc(C(=O)O)c(O)c2)cc1. The standard InChI is InChI=1S/C19H22O7S/c1-2-3-10-25-14-4-7-16(8-5-14)27(23,24)12-11-26-15-6-9-17(19(21)22)18(20)13-15/h4-9,13,20H,2-3,10-12H2,1H3,(H,21,22). The lowest BCUT2D eigenvalue weighted by Crippen LogP contribution is -2.14. The molecule has 0 aliphatic heterocycles. The van der Waals surface area contributed by atoms with Crippen molar-refractivity contribution in [1.82, 2.24) is 0 Å². The monoisotopic (exact) mass is 394 g/mol. The molecule has 0 aliphatic rings. The quantitative estimate of drug-likeness (QED) is 0.596. The van der Waals surface area contributed by atoms with Gasteiger partial charge in [0.2, 0.25) is 0 Å². The summed E-state index contributed by atoms with van der Waals surface area (Å²) < 4.78 is 35.5. The fourth-order valence-corrected chi connectivity index (χ4v) is 3.34. The maximum atomic E-state index is 12.4. The molecule has 2 aromatic rings. The van der Waals surface area contributed by atoms with Gasteiger partial charge in [0.1, 0.15) is 29.4 Å². The molecule has 8 heteroatoms. The highest BCUT2D eigenvalue weighted by Gasteiger charge is 2.15. The molecule has 0 amide bonds. The second-order valence-corrected chi connectivity index (χ2v) is 7.93. The Balaban J connectivity index is 1.92.